The zero-order valence-corrected chi connectivity index (χ0v) is 19.4. The normalized spacial score (nSPS) is 15.0. The molecule has 1 aromatic rings. The zero-order chi connectivity index (χ0) is 23.5. The van der Waals surface area contributed by atoms with Gasteiger partial charge in [-0.3, -0.25) is 14.4 Å². The first-order valence-electron chi connectivity index (χ1n) is 11.0. The molecule has 0 saturated carbocycles. The quantitative estimate of drug-likeness (QED) is 0.524. The van der Waals surface area contributed by atoms with Crippen LogP contribution in [0.1, 0.15) is 45.2 Å². The summed E-state index contributed by atoms with van der Waals surface area (Å²) in [5, 5.41) is 8.46. The molecule has 1 aromatic carbocycles. The van der Waals surface area contributed by atoms with Crippen molar-refractivity contribution >= 4 is 17.7 Å². The van der Waals surface area contributed by atoms with Gasteiger partial charge in [0.05, 0.1) is 18.6 Å². The highest BCUT2D eigenvalue weighted by Gasteiger charge is 2.24. The molecule has 1 aliphatic rings. The monoisotopic (exact) mass is 438 g/mol. The number of rotatable bonds is 10. The fourth-order valence-corrected chi connectivity index (χ4v) is 3.33. The van der Waals surface area contributed by atoms with Crippen LogP contribution >= 0.6 is 0 Å². The molecule has 32 heavy (non-hydrogen) atoms. The van der Waals surface area contributed by atoms with Crippen molar-refractivity contribution in [1.82, 2.24) is 20.9 Å². The van der Waals surface area contributed by atoms with E-state index in [1.54, 1.807) is 14.0 Å². The van der Waals surface area contributed by atoms with Gasteiger partial charge in [0, 0.05) is 5.70 Å². The van der Waals surface area contributed by atoms with E-state index in [0.29, 0.717) is 12.1 Å². The van der Waals surface area contributed by atoms with Gasteiger partial charge >= 0.3 is 0 Å². The molecule has 3 amide bonds. The molecular formula is C25H34N4O3. The Bertz CT molecular complexity index is 890. The Hall–Kier alpha value is -3.19. The van der Waals surface area contributed by atoms with E-state index in [0.717, 1.165) is 17.6 Å². The number of benzene rings is 1. The van der Waals surface area contributed by atoms with Crippen LogP contribution in [0.3, 0.4) is 0 Å². The second kappa shape index (κ2) is 12.6. The van der Waals surface area contributed by atoms with Gasteiger partial charge in [0.1, 0.15) is 6.54 Å². The molecule has 7 heteroatoms. The van der Waals surface area contributed by atoms with E-state index in [4.69, 9.17) is 0 Å². The first-order valence-corrected chi connectivity index (χ1v) is 11.0. The molecule has 0 heterocycles. The molecule has 0 spiro atoms. The van der Waals surface area contributed by atoms with E-state index in [1.165, 1.54) is 4.90 Å². The molecule has 1 aliphatic carbocycles. The summed E-state index contributed by atoms with van der Waals surface area (Å²) in [5.41, 5.74) is 2.63. The standard InChI is InChI=1S/C25H34N4O3/c1-5-20-12-8-7-11-15-22(20)29(24(31)16-27-25(32)19(3)26-4)17-23(30)28-18(2)21-13-9-6-10-14-21/h6,8-15,18-19,26H,5,7,16-17H2,1-4H3,(H,27,32)(H,28,30). The zero-order valence-electron chi connectivity index (χ0n) is 19.4. The van der Waals surface area contributed by atoms with Crippen LogP contribution in [-0.2, 0) is 14.4 Å². The maximum atomic E-state index is 13.1. The van der Waals surface area contributed by atoms with E-state index in [1.807, 2.05) is 68.5 Å². The van der Waals surface area contributed by atoms with Gasteiger partial charge in [-0.2, -0.15) is 0 Å². The summed E-state index contributed by atoms with van der Waals surface area (Å²) in [6.07, 6.45) is 9.32. The molecule has 2 atom stereocenters. The largest absolute Gasteiger partial charge is 0.348 e. The molecule has 3 N–H and O–H groups in total. The summed E-state index contributed by atoms with van der Waals surface area (Å²) in [6.45, 7) is 5.31. The van der Waals surface area contributed by atoms with Crippen molar-refractivity contribution in [2.75, 3.05) is 20.1 Å². The summed E-state index contributed by atoms with van der Waals surface area (Å²) < 4.78 is 0. The second-order valence-electron chi connectivity index (χ2n) is 7.71. The Morgan fingerprint density at radius 3 is 2.41 bits per heavy atom. The van der Waals surface area contributed by atoms with Gasteiger partial charge in [-0.25, -0.2) is 0 Å². The van der Waals surface area contributed by atoms with Crippen LogP contribution in [0.5, 0.6) is 0 Å². The highest BCUT2D eigenvalue weighted by Crippen LogP contribution is 2.20. The van der Waals surface area contributed by atoms with E-state index in [-0.39, 0.29) is 36.9 Å². The minimum Gasteiger partial charge on any atom is -0.348 e. The number of nitrogens with one attached hydrogen (secondary N) is 3. The number of carbonyl (C=O) groups excluding carboxylic acids is 3. The van der Waals surface area contributed by atoms with Crippen molar-refractivity contribution in [1.29, 1.82) is 0 Å². The number of carbonyl (C=O) groups is 3. The molecule has 0 radical (unpaired) electrons. The highest BCUT2D eigenvalue weighted by atomic mass is 16.2. The summed E-state index contributed by atoms with van der Waals surface area (Å²) in [7, 11) is 1.68. The first kappa shape index (κ1) is 25.1. The van der Waals surface area contributed by atoms with Crippen LogP contribution < -0.4 is 16.0 Å². The number of hydrogen-bond acceptors (Lipinski definition) is 4. The number of nitrogens with zero attached hydrogens (tertiary/aromatic N) is 1. The Labute approximate surface area is 190 Å². The minimum atomic E-state index is -0.419. The van der Waals surface area contributed by atoms with Crippen LogP contribution in [0.4, 0.5) is 0 Å². The van der Waals surface area contributed by atoms with Gasteiger partial charge in [-0.1, -0.05) is 55.5 Å². The summed E-state index contributed by atoms with van der Waals surface area (Å²) >= 11 is 0. The number of allylic oxidation sites excluding steroid dienone is 5. The summed E-state index contributed by atoms with van der Waals surface area (Å²) in [6, 6.07) is 9.05. The SMILES string of the molecule is CCC1=C(N(CC(=O)NC(C)c2ccccc2)C(=O)CNC(=O)C(C)NC)C=CCC=C1. The van der Waals surface area contributed by atoms with Gasteiger partial charge in [0.2, 0.25) is 17.7 Å². The van der Waals surface area contributed by atoms with Crippen LogP contribution in [-0.4, -0.2) is 48.8 Å². The average molecular weight is 439 g/mol. The molecule has 0 aromatic heterocycles. The van der Waals surface area contributed by atoms with Crippen molar-refractivity contribution < 1.29 is 14.4 Å². The van der Waals surface area contributed by atoms with E-state index in [9.17, 15) is 14.4 Å². The third kappa shape index (κ3) is 7.20. The average Bonchev–Trinajstić information content (AvgIpc) is 3.06. The Morgan fingerprint density at radius 2 is 1.75 bits per heavy atom. The van der Waals surface area contributed by atoms with E-state index >= 15 is 0 Å². The third-order valence-corrected chi connectivity index (χ3v) is 5.39. The predicted octanol–water partition coefficient (Wildman–Crippen LogP) is 2.60. The van der Waals surface area contributed by atoms with E-state index < -0.39 is 6.04 Å². The molecule has 0 saturated heterocycles. The molecule has 172 valence electrons. The Kier molecular flexibility index (Phi) is 9.88. The Morgan fingerprint density at radius 1 is 1.06 bits per heavy atom. The van der Waals surface area contributed by atoms with Crippen molar-refractivity contribution in [2.45, 2.75) is 45.7 Å². The van der Waals surface area contributed by atoms with Gasteiger partial charge in [0.15, 0.2) is 0 Å². The number of likely N-dealkylation sites (N-methyl/N-ethyl adjacent to an activating group) is 1. The van der Waals surface area contributed by atoms with Crippen molar-refractivity contribution in [3.63, 3.8) is 0 Å². The molecule has 0 bridgehead atoms. The van der Waals surface area contributed by atoms with Crippen molar-refractivity contribution in [2.24, 2.45) is 0 Å². The molecule has 7 nitrogen and oxygen atoms in total. The van der Waals surface area contributed by atoms with Crippen LogP contribution in [0.2, 0.25) is 0 Å². The van der Waals surface area contributed by atoms with Gasteiger partial charge < -0.3 is 20.9 Å². The van der Waals surface area contributed by atoms with Gasteiger partial charge in [-0.05, 0) is 50.9 Å². The topological polar surface area (TPSA) is 90.5 Å². The van der Waals surface area contributed by atoms with Crippen LogP contribution in [0.25, 0.3) is 0 Å². The smallest absolute Gasteiger partial charge is 0.246 e. The molecule has 0 fully saturated rings. The van der Waals surface area contributed by atoms with Crippen LogP contribution in [0, 0.1) is 0 Å². The first-order chi connectivity index (χ1) is 15.4. The van der Waals surface area contributed by atoms with Crippen molar-refractivity contribution in [3.8, 4) is 0 Å². The molecule has 0 aliphatic heterocycles. The lowest BCUT2D eigenvalue weighted by atomic mass is 10.1. The summed E-state index contributed by atoms with van der Waals surface area (Å²) in [4.78, 5) is 39.6. The maximum absolute atomic E-state index is 13.1. The predicted molar refractivity (Wildman–Crippen MR) is 126 cm³/mol. The molecule has 2 unspecified atom stereocenters. The third-order valence-electron chi connectivity index (χ3n) is 5.39. The van der Waals surface area contributed by atoms with Crippen molar-refractivity contribution in [3.05, 3.63) is 71.5 Å². The van der Waals surface area contributed by atoms with Crippen LogP contribution in [0.15, 0.2) is 65.9 Å². The number of amides is 3. The van der Waals surface area contributed by atoms with E-state index in [2.05, 4.69) is 16.0 Å². The highest BCUT2D eigenvalue weighted by molar-refractivity contribution is 5.91. The van der Waals surface area contributed by atoms with Gasteiger partial charge in [-0.15, -0.1) is 0 Å². The lowest BCUT2D eigenvalue weighted by molar-refractivity contribution is -0.135. The fraction of sp³-hybridized carbons (Fsp3) is 0.400. The summed E-state index contributed by atoms with van der Waals surface area (Å²) in [5.74, 6) is -0.886. The second-order valence-corrected chi connectivity index (χ2v) is 7.71. The maximum Gasteiger partial charge on any atom is 0.246 e. The fourth-order valence-electron chi connectivity index (χ4n) is 3.33. The number of hydrogen-bond donors (Lipinski definition) is 3. The van der Waals surface area contributed by atoms with Gasteiger partial charge in [0.25, 0.3) is 0 Å². The molecular weight excluding hydrogens is 404 g/mol. The lowest BCUT2D eigenvalue weighted by Gasteiger charge is -2.26. The molecule has 2 rings (SSSR count). The lowest BCUT2D eigenvalue weighted by Crippen LogP contribution is -2.48. The minimum absolute atomic E-state index is 0.134. The Balaban J connectivity index is 2.20.